The Kier molecular flexibility index (Phi) is 3.40. The molecule has 0 amide bonds. The summed E-state index contributed by atoms with van der Waals surface area (Å²) in [6, 6.07) is 15.9. The van der Waals surface area contributed by atoms with Crippen LogP contribution in [0.1, 0.15) is 0 Å². The highest BCUT2D eigenvalue weighted by molar-refractivity contribution is 9.10. The lowest BCUT2D eigenvalue weighted by Crippen LogP contribution is -1.94. The maximum atomic E-state index is 5.83. The van der Waals surface area contributed by atoms with Gasteiger partial charge in [0.25, 0.3) is 0 Å². The molecule has 2 aromatic carbocycles. The molecule has 0 unspecified atom stereocenters. The molecule has 19 heavy (non-hydrogen) atoms. The van der Waals surface area contributed by atoms with Crippen LogP contribution in [0.5, 0.6) is 0 Å². The van der Waals surface area contributed by atoms with Gasteiger partial charge in [-0.25, -0.2) is 4.98 Å². The van der Waals surface area contributed by atoms with Gasteiger partial charge in [0.1, 0.15) is 5.82 Å². The molecule has 1 heterocycles. The predicted octanol–water partition coefficient (Wildman–Crippen LogP) is 5.39. The van der Waals surface area contributed by atoms with Gasteiger partial charge in [-0.3, -0.25) is 0 Å². The van der Waals surface area contributed by atoms with Gasteiger partial charge in [-0.05, 0) is 29.7 Å². The molecule has 0 aliphatic carbocycles. The first-order valence-corrected chi connectivity index (χ1v) is 6.97. The largest absolute Gasteiger partial charge is 0.340 e. The van der Waals surface area contributed by atoms with Crippen LogP contribution < -0.4 is 5.32 Å². The number of anilines is 2. The third-order valence-electron chi connectivity index (χ3n) is 2.86. The van der Waals surface area contributed by atoms with Crippen LogP contribution in [0.25, 0.3) is 10.8 Å². The third-order valence-corrected chi connectivity index (χ3v) is 3.78. The molecule has 94 valence electrons. The zero-order chi connectivity index (χ0) is 13.2. The normalized spacial score (nSPS) is 10.6. The maximum absolute atomic E-state index is 5.83. The lowest BCUT2D eigenvalue weighted by Gasteiger charge is -2.10. The van der Waals surface area contributed by atoms with E-state index in [2.05, 4.69) is 38.4 Å². The van der Waals surface area contributed by atoms with Gasteiger partial charge in [0, 0.05) is 21.7 Å². The number of aromatic nitrogens is 1. The minimum Gasteiger partial charge on any atom is -0.340 e. The Hall–Kier alpha value is -1.58. The van der Waals surface area contributed by atoms with Gasteiger partial charge in [-0.2, -0.15) is 0 Å². The highest BCUT2D eigenvalue weighted by Crippen LogP contribution is 2.31. The van der Waals surface area contributed by atoms with Gasteiger partial charge in [-0.15, -0.1) is 0 Å². The molecule has 0 radical (unpaired) electrons. The minimum absolute atomic E-state index is 0.631. The molecular formula is C15H10BrClN2. The monoisotopic (exact) mass is 332 g/mol. The van der Waals surface area contributed by atoms with Crippen LogP contribution in [0.4, 0.5) is 11.5 Å². The summed E-state index contributed by atoms with van der Waals surface area (Å²) in [5.74, 6) is 0.775. The van der Waals surface area contributed by atoms with Gasteiger partial charge in [-0.1, -0.05) is 51.8 Å². The second-order valence-electron chi connectivity index (χ2n) is 4.13. The van der Waals surface area contributed by atoms with Crippen molar-refractivity contribution < 1.29 is 0 Å². The molecule has 0 aliphatic rings. The quantitative estimate of drug-likeness (QED) is 0.679. The average molecular weight is 334 g/mol. The first kappa shape index (κ1) is 12.5. The van der Waals surface area contributed by atoms with E-state index in [0.29, 0.717) is 5.02 Å². The second-order valence-corrected chi connectivity index (χ2v) is 5.42. The number of rotatable bonds is 2. The zero-order valence-corrected chi connectivity index (χ0v) is 12.2. The predicted molar refractivity (Wildman–Crippen MR) is 84.2 cm³/mol. The molecule has 1 aromatic heterocycles. The topological polar surface area (TPSA) is 24.9 Å². The van der Waals surface area contributed by atoms with E-state index in [0.717, 1.165) is 21.4 Å². The Labute approximate surface area is 124 Å². The van der Waals surface area contributed by atoms with Crippen LogP contribution in [0.15, 0.2) is 59.2 Å². The van der Waals surface area contributed by atoms with Crippen molar-refractivity contribution >= 4 is 49.8 Å². The smallest absolute Gasteiger partial charge is 0.130 e. The van der Waals surface area contributed by atoms with Gasteiger partial charge in [0.15, 0.2) is 0 Å². The number of nitrogens with zero attached hydrogens (tertiary/aromatic N) is 1. The Balaban J connectivity index is 2.06. The van der Waals surface area contributed by atoms with Crippen molar-refractivity contribution in [1.29, 1.82) is 0 Å². The van der Waals surface area contributed by atoms with E-state index in [-0.39, 0.29) is 0 Å². The minimum atomic E-state index is 0.631. The molecule has 4 heteroatoms. The Morgan fingerprint density at radius 2 is 1.74 bits per heavy atom. The maximum Gasteiger partial charge on any atom is 0.130 e. The Morgan fingerprint density at radius 3 is 2.47 bits per heavy atom. The zero-order valence-electron chi connectivity index (χ0n) is 9.90. The summed E-state index contributed by atoms with van der Waals surface area (Å²) in [7, 11) is 0. The average Bonchev–Trinajstić information content (AvgIpc) is 2.45. The van der Waals surface area contributed by atoms with Crippen molar-refractivity contribution in [3.05, 3.63) is 64.2 Å². The van der Waals surface area contributed by atoms with Crippen LogP contribution in [0.3, 0.4) is 0 Å². The molecular weight excluding hydrogens is 324 g/mol. The van der Waals surface area contributed by atoms with Crippen molar-refractivity contribution in [2.45, 2.75) is 0 Å². The molecule has 1 N–H and O–H groups in total. The van der Waals surface area contributed by atoms with E-state index in [4.69, 9.17) is 11.6 Å². The Morgan fingerprint density at radius 1 is 0.947 bits per heavy atom. The first-order valence-electron chi connectivity index (χ1n) is 5.80. The van der Waals surface area contributed by atoms with E-state index in [1.54, 1.807) is 6.20 Å². The van der Waals surface area contributed by atoms with Crippen LogP contribution in [0.2, 0.25) is 5.02 Å². The molecule has 0 saturated heterocycles. The standard InChI is InChI=1S/C15H10BrClN2/c16-13-6-7-14(12-4-2-1-3-11(12)13)19-15-8-5-10(17)9-18-15/h1-9H,(H,18,19). The summed E-state index contributed by atoms with van der Waals surface area (Å²) < 4.78 is 1.08. The summed E-state index contributed by atoms with van der Waals surface area (Å²) in [5.41, 5.74) is 1.02. The summed E-state index contributed by atoms with van der Waals surface area (Å²) in [4.78, 5) is 4.25. The number of nitrogens with one attached hydrogen (secondary N) is 1. The number of pyridine rings is 1. The highest BCUT2D eigenvalue weighted by atomic mass is 79.9. The summed E-state index contributed by atoms with van der Waals surface area (Å²) in [6.45, 7) is 0. The van der Waals surface area contributed by atoms with E-state index >= 15 is 0 Å². The molecule has 2 nitrogen and oxygen atoms in total. The number of fused-ring (bicyclic) bond motifs is 1. The van der Waals surface area contributed by atoms with E-state index in [1.165, 1.54) is 5.39 Å². The first-order chi connectivity index (χ1) is 9.24. The van der Waals surface area contributed by atoms with Gasteiger partial charge < -0.3 is 5.32 Å². The summed E-state index contributed by atoms with van der Waals surface area (Å²) >= 11 is 9.40. The number of halogens is 2. The summed E-state index contributed by atoms with van der Waals surface area (Å²) in [5, 5.41) is 6.26. The fourth-order valence-electron chi connectivity index (χ4n) is 1.96. The van der Waals surface area contributed by atoms with Crippen LogP contribution >= 0.6 is 27.5 Å². The highest BCUT2D eigenvalue weighted by Gasteiger charge is 2.04. The second kappa shape index (κ2) is 5.19. The summed E-state index contributed by atoms with van der Waals surface area (Å²) in [6.07, 6.45) is 1.63. The number of hydrogen-bond donors (Lipinski definition) is 1. The van der Waals surface area contributed by atoms with Gasteiger partial charge in [0.2, 0.25) is 0 Å². The number of benzene rings is 2. The van der Waals surface area contributed by atoms with Gasteiger partial charge in [0.05, 0.1) is 5.02 Å². The molecule has 3 rings (SSSR count). The van der Waals surface area contributed by atoms with Crippen LogP contribution in [0, 0.1) is 0 Å². The fraction of sp³-hybridized carbons (Fsp3) is 0. The molecule has 0 spiro atoms. The van der Waals surface area contributed by atoms with Gasteiger partial charge >= 0.3 is 0 Å². The van der Waals surface area contributed by atoms with Crippen molar-refractivity contribution in [3.8, 4) is 0 Å². The molecule has 0 saturated carbocycles. The molecule has 0 aliphatic heterocycles. The van der Waals surface area contributed by atoms with E-state index in [1.807, 2.05) is 36.4 Å². The third kappa shape index (κ3) is 2.57. The molecule has 0 atom stereocenters. The van der Waals surface area contributed by atoms with Crippen LogP contribution in [-0.2, 0) is 0 Å². The van der Waals surface area contributed by atoms with Crippen molar-refractivity contribution in [2.24, 2.45) is 0 Å². The lowest BCUT2D eigenvalue weighted by atomic mass is 10.1. The molecule has 0 fully saturated rings. The van der Waals surface area contributed by atoms with Crippen molar-refractivity contribution in [2.75, 3.05) is 5.32 Å². The Bertz CT molecular complexity index is 726. The lowest BCUT2D eigenvalue weighted by molar-refractivity contribution is 1.31. The van der Waals surface area contributed by atoms with E-state index in [9.17, 15) is 0 Å². The SMILES string of the molecule is Clc1ccc(Nc2ccc(Br)c3ccccc23)nc1. The molecule has 0 bridgehead atoms. The fourth-order valence-corrected chi connectivity index (χ4v) is 2.55. The number of hydrogen-bond acceptors (Lipinski definition) is 2. The van der Waals surface area contributed by atoms with Crippen LogP contribution in [-0.4, -0.2) is 4.98 Å². The molecule has 3 aromatic rings. The van der Waals surface area contributed by atoms with Crippen molar-refractivity contribution in [1.82, 2.24) is 4.98 Å². The van der Waals surface area contributed by atoms with Crippen molar-refractivity contribution in [3.63, 3.8) is 0 Å². The van der Waals surface area contributed by atoms with E-state index < -0.39 is 0 Å².